The van der Waals surface area contributed by atoms with E-state index in [1.54, 1.807) is 12.1 Å². The van der Waals surface area contributed by atoms with Crippen molar-refractivity contribution in [2.24, 2.45) is 11.8 Å². The lowest BCUT2D eigenvalue weighted by Gasteiger charge is -2.24. The van der Waals surface area contributed by atoms with E-state index in [0.29, 0.717) is 24.4 Å². The molecule has 2 heterocycles. The van der Waals surface area contributed by atoms with E-state index in [0.717, 1.165) is 11.8 Å². The first-order valence-corrected chi connectivity index (χ1v) is 11.4. The van der Waals surface area contributed by atoms with E-state index in [1.807, 2.05) is 0 Å². The minimum absolute atomic E-state index is 0.458. The zero-order chi connectivity index (χ0) is 12.8. The van der Waals surface area contributed by atoms with E-state index in [4.69, 9.17) is 9.47 Å². The van der Waals surface area contributed by atoms with E-state index in [1.165, 1.54) is 44.9 Å². The van der Waals surface area contributed by atoms with Crippen molar-refractivity contribution < 1.29 is 9.47 Å². The summed E-state index contributed by atoms with van der Waals surface area (Å²) in [5, 5.41) is 0. The maximum atomic E-state index is 5.66. The van der Waals surface area contributed by atoms with Crippen LogP contribution >= 0.6 is 0 Å². The largest absolute Gasteiger partial charge is 0.370 e. The Labute approximate surface area is 118 Å². The average molecular weight is 280 g/mol. The van der Waals surface area contributed by atoms with Gasteiger partial charge in [-0.25, -0.2) is 0 Å². The molecule has 2 aliphatic heterocycles. The van der Waals surface area contributed by atoms with Gasteiger partial charge in [0, 0.05) is 8.80 Å². The van der Waals surface area contributed by atoms with E-state index < -0.39 is 8.80 Å². The van der Waals surface area contributed by atoms with Crippen molar-refractivity contribution in [3.8, 4) is 0 Å². The predicted octanol–water partition coefficient (Wildman–Crippen LogP) is 3.37. The smallest absolute Gasteiger partial charge is 0.0844 e. The Hall–Kier alpha value is 0.137. The maximum absolute atomic E-state index is 5.66. The second-order valence-corrected chi connectivity index (χ2v) is 11.0. The Bertz CT molecular complexity index is 335. The van der Waals surface area contributed by atoms with Crippen LogP contribution < -0.4 is 0 Å². The Kier molecular flexibility index (Phi) is 3.49. The van der Waals surface area contributed by atoms with Crippen LogP contribution in [0, 0.1) is 11.8 Å². The Balaban J connectivity index is 1.15. The number of ether oxygens (including phenoxy) is 2. The third kappa shape index (κ3) is 3.08. The highest BCUT2D eigenvalue weighted by Gasteiger charge is 2.44. The van der Waals surface area contributed by atoms with Crippen LogP contribution in [0.1, 0.15) is 44.9 Å². The Morgan fingerprint density at radius 2 is 1.47 bits per heavy atom. The van der Waals surface area contributed by atoms with E-state index in [9.17, 15) is 0 Å². The van der Waals surface area contributed by atoms with Gasteiger partial charge in [-0.3, -0.25) is 0 Å². The molecule has 0 amide bonds. The summed E-state index contributed by atoms with van der Waals surface area (Å²) in [5.74, 6) is 2.02. The van der Waals surface area contributed by atoms with Crippen molar-refractivity contribution in [2.45, 2.75) is 88.0 Å². The van der Waals surface area contributed by atoms with Crippen molar-refractivity contribution in [3.63, 3.8) is 0 Å². The van der Waals surface area contributed by atoms with Crippen LogP contribution in [0.4, 0.5) is 0 Å². The van der Waals surface area contributed by atoms with Gasteiger partial charge in [-0.15, -0.1) is 0 Å². The molecule has 0 aromatic carbocycles. The Morgan fingerprint density at radius 3 is 2.16 bits per heavy atom. The van der Waals surface area contributed by atoms with Crippen molar-refractivity contribution in [1.82, 2.24) is 0 Å². The summed E-state index contributed by atoms with van der Waals surface area (Å²) in [6.45, 7) is 2.61. The van der Waals surface area contributed by atoms with E-state index >= 15 is 0 Å². The van der Waals surface area contributed by atoms with E-state index in [-0.39, 0.29) is 0 Å². The molecule has 0 radical (unpaired) electrons. The van der Waals surface area contributed by atoms with Crippen molar-refractivity contribution in [2.75, 3.05) is 0 Å². The molecule has 0 spiro atoms. The van der Waals surface area contributed by atoms with Gasteiger partial charge in [0.05, 0.1) is 24.4 Å². The van der Waals surface area contributed by atoms with Crippen molar-refractivity contribution >= 4 is 8.80 Å². The second kappa shape index (κ2) is 5.16. The fraction of sp³-hybridized carbons (Fsp3) is 1.00. The zero-order valence-corrected chi connectivity index (χ0v) is 13.4. The van der Waals surface area contributed by atoms with Crippen LogP contribution in [0.2, 0.25) is 18.6 Å². The standard InChI is InChI=1S/C16H28O2Si/c1-19(10-12-3-5-14-16(9-12)18-14)7-6-11-2-4-13-15(8-11)17-13/h11-16,19H,2-10H2,1H3. The summed E-state index contributed by atoms with van der Waals surface area (Å²) < 4.78 is 11.3. The van der Waals surface area contributed by atoms with Crippen LogP contribution in [0.15, 0.2) is 0 Å². The molecular weight excluding hydrogens is 252 g/mol. The fourth-order valence-corrected chi connectivity index (χ4v) is 7.50. The van der Waals surface area contributed by atoms with Crippen molar-refractivity contribution in [1.29, 1.82) is 0 Å². The molecule has 7 unspecified atom stereocenters. The number of hydrogen-bond donors (Lipinski definition) is 0. The zero-order valence-electron chi connectivity index (χ0n) is 12.2. The summed E-state index contributed by atoms with van der Waals surface area (Å²) in [6, 6.07) is 3.16. The highest BCUT2D eigenvalue weighted by Crippen LogP contribution is 2.43. The minimum Gasteiger partial charge on any atom is -0.370 e. The molecule has 0 bridgehead atoms. The van der Waals surface area contributed by atoms with Crippen molar-refractivity contribution in [3.05, 3.63) is 0 Å². The van der Waals surface area contributed by atoms with Gasteiger partial charge in [-0.05, 0) is 50.4 Å². The predicted molar refractivity (Wildman–Crippen MR) is 79.2 cm³/mol. The average Bonchev–Trinajstić information content (AvgIpc) is 3.29. The van der Waals surface area contributed by atoms with Gasteiger partial charge in [-0.1, -0.05) is 25.1 Å². The normalized spacial score (nSPS) is 49.1. The quantitative estimate of drug-likeness (QED) is 0.570. The second-order valence-electron chi connectivity index (χ2n) is 7.70. The molecule has 2 nitrogen and oxygen atoms in total. The molecule has 2 saturated heterocycles. The molecular formula is C16H28O2Si. The molecule has 4 rings (SSSR count). The third-order valence-electron chi connectivity index (χ3n) is 6.03. The number of fused-ring (bicyclic) bond motifs is 2. The fourth-order valence-electron chi connectivity index (χ4n) is 4.66. The molecule has 2 aliphatic carbocycles. The molecule has 3 heteroatoms. The van der Waals surface area contributed by atoms with Gasteiger partial charge in [-0.2, -0.15) is 0 Å². The Morgan fingerprint density at radius 1 is 0.842 bits per heavy atom. The molecule has 7 atom stereocenters. The van der Waals surface area contributed by atoms with Gasteiger partial charge in [0.1, 0.15) is 0 Å². The SMILES string of the molecule is C[SiH](CCC1CCC2OC2C1)CC1CCC2OC2C1. The maximum Gasteiger partial charge on any atom is 0.0844 e. The molecule has 0 aromatic heterocycles. The lowest BCUT2D eigenvalue weighted by molar-refractivity contribution is 0.356. The molecule has 0 N–H and O–H groups in total. The summed E-state index contributed by atoms with van der Waals surface area (Å²) >= 11 is 0. The van der Waals surface area contributed by atoms with Crippen LogP contribution in [0.5, 0.6) is 0 Å². The number of rotatable bonds is 5. The summed E-state index contributed by atoms with van der Waals surface area (Å²) in [4.78, 5) is 0. The van der Waals surface area contributed by atoms with Gasteiger partial charge in [0.2, 0.25) is 0 Å². The first-order valence-electron chi connectivity index (χ1n) is 8.59. The van der Waals surface area contributed by atoms with Gasteiger partial charge in [0.25, 0.3) is 0 Å². The van der Waals surface area contributed by atoms with Crippen LogP contribution in [-0.4, -0.2) is 33.2 Å². The van der Waals surface area contributed by atoms with Crippen LogP contribution in [0.3, 0.4) is 0 Å². The molecule has 2 saturated carbocycles. The van der Waals surface area contributed by atoms with Gasteiger partial charge >= 0.3 is 0 Å². The van der Waals surface area contributed by atoms with Gasteiger partial charge < -0.3 is 9.47 Å². The highest BCUT2D eigenvalue weighted by molar-refractivity contribution is 6.57. The summed E-state index contributed by atoms with van der Waals surface area (Å²) in [7, 11) is -0.458. The van der Waals surface area contributed by atoms with Gasteiger partial charge in [0.15, 0.2) is 0 Å². The minimum atomic E-state index is -0.458. The summed E-state index contributed by atoms with van der Waals surface area (Å²) in [5.41, 5.74) is 0. The van der Waals surface area contributed by atoms with Crippen LogP contribution in [0.25, 0.3) is 0 Å². The monoisotopic (exact) mass is 280 g/mol. The topological polar surface area (TPSA) is 25.1 Å². The first kappa shape index (κ1) is 12.8. The van der Waals surface area contributed by atoms with E-state index in [2.05, 4.69) is 6.55 Å². The highest BCUT2D eigenvalue weighted by atomic mass is 28.3. The van der Waals surface area contributed by atoms with Crippen LogP contribution in [-0.2, 0) is 9.47 Å². The third-order valence-corrected chi connectivity index (χ3v) is 8.82. The lowest BCUT2D eigenvalue weighted by Crippen LogP contribution is -2.21. The number of epoxide rings is 2. The number of hydrogen-bond acceptors (Lipinski definition) is 2. The molecule has 4 fully saturated rings. The molecule has 19 heavy (non-hydrogen) atoms. The first-order chi connectivity index (χ1) is 9.28. The molecule has 108 valence electrons. The molecule has 4 aliphatic rings. The lowest BCUT2D eigenvalue weighted by atomic mass is 9.87. The molecule has 0 aromatic rings. The summed E-state index contributed by atoms with van der Waals surface area (Å²) in [6.07, 6.45) is 12.6.